The molecule has 1 N–H and O–H groups in total. The Labute approximate surface area is 121 Å². The molecule has 2 amide bonds. The van der Waals surface area contributed by atoms with Gasteiger partial charge in [-0.05, 0) is 19.9 Å². The van der Waals surface area contributed by atoms with E-state index in [1.807, 2.05) is 13.8 Å². The minimum absolute atomic E-state index is 0.0137. The Morgan fingerprint density at radius 1 is 1.50 bits per heavy atom. The van der Waals surface area contributed by atoms with Crippen molar-refractivity contribution in [3.63, 3.8) is 0 Å². The number of nitrogens with zero attached hydrogens (tertiary/aromatic N) is 1. The van der Waals surface area contributed by atoms with E-state index >= 15 is 0 Å². The number of benzene rings is 1. The molecule has 0 radical (unpaired) electrons. The Bertz CT molecular complexity index is 522. The Hall–Kier alpha value is -1.56. The second-order valence-electron chi connectivity index (χ2n) is 4.93. The number of nitrogens with one attached hydrogen (secondary N) is 1. The molecule has 1 aliphatic heterocycles. The highest BCUT2D eigenvalue weighted by Crippen LogP contribution is 2.39. The van der Waals surface area contributed by atoms with E-state index in [-0.39, 0.29) is 36.0 Å². The third-order valence-corrected chi connectivity index (χ3v) is 4.14. The van der Waals surface area contributed by atoms with Crippen molar-refractivity contribution in [2.45, 2.75) is 25.3 Å². The Balaban J connectivity index is 2.15. The van der Waals surface area contributed by atoms with Crippen molar-refractivity contribution >= 4 is 23.6 Å². The summed E-state index contributed by atoms with van der Waals surface area (Å²) in [7, 11) is 0. The van der Waals surface area contributed by atoms with Crippen LogP contribution in [0.1, 0.15) is 24.8 Å². The van der Waals surface area contributed by atoms with E-state index in [0.29, 0.717) is 5.56 Å². The number of amides is 2. The van der Waals surface area contributed by atoms with Crippen molar-refractivity contribution in [1.29, 1.82) is 0 Å². The van der Waals surface area contributed by atoms with Crippen molar-refractivity contribution in [2.75, 3.05) is 12.3 Å². The van der Waals surface area contributed by atoms with Gasteiger partial charge in [-0.15, -0.1) is 11.8 Å². The van der Waals surface area contributed by atoms with Crippen LogP contribution in [0.25, 0.3) is 0 Å². The summed E-state index contributed by atoms with van der Waals surface area (Å²) in [4.78, 5) is 25.1. The molecule has 0 aliphatic carbocycles. The predicted molar refractivity (Wildman–Crippen MR) is 76.6 cm³/mol. The molecule has 6 heteroatoms. The molecule has 1 saturated heterocycles. The maximum Gasteiger partial charge on any atom is 0.239 e. The monoisotopic (exact) mass is 296 g/mol. The number of rotatable bonds is 4. The topological polar surface area (TPSA) is 49.4 Å². The van der Waals surface area contributed by atoms with Gasteiger partial charge in [-0.3, -0.25) is 9.59 Å². The van der Waals surface area contributed by atoms with E-state index in [4.69, 9.17) is 0 Å². The van der Waals surface area contributed by atoms with Gasteiger partial charge in [-0.25, -0.2) is 4.39 Å². The normalized spacial score (nSPS) is 18.7. The van der Waals surface area contributed by atoms with Gasteiger partial charge in [-0.2, -0.15) is 0 Å². The van der Waals surface area contributed by atoms with Gasteiger partial charge in [0.1, 0.15) is 17.7 Å². The second kappa shape index (κ2) is 6.26. The smallest absolute Gasteiger partial charge is 0.239 e. The van der Waals surface area contributed by atoms with Gasteiger partial charge in [0.05, 0.1) is 5.75 Å². The molecule has 0 unspecified atom stereocenters. The third-order valence-electron chi connectivity index (χ3n) is 2.90. The maximum atomic E-state index is 13.8. The molecule has 20 heavy (non-hydrogen) atoms. The van der Waals surface area contributed by atoms with Crippen molar-refractivity contribution in [1.82, 2.24) is 10.2 Å². The fourth-order valence-corrected chi connectivity index (χ4v) is 3.29. The number of thioether (sulfide) groups is 1. The first kappa shape index (κ1) is 14.8. The van der Waals surface area contributed by atoms with Crippen LogP contribution >= 0.6 is 11.8 Å². The van der Waals surface area contributed by atoms with E-state index in [9.17, 15) is 14.0 Å². The summed E-state index contributed by atoms with van der Waals surface area (Å²) in [6.45, 7) is 3.67. The summed E-state index contributed by atoms with van der Waals surface area (Å²) in [5, 5.41) is 2.31. The minimum Gasteiger partial charge on any atom is -0.352 e. The minimum atomic E-state index is -0.429. The zero-order chi connectivity index (χ0) is 14.7. The van der Waals surface area contributed by atoms with E-state index in [1.165, 1.54) is 22.7 Å². The third kappa shape index (κ3) is 3.30. The molecule has 1 aromatic carbocycles. The summed E-state index contributed by atoms with van der Waals surface area (Å²) in [5.74, 6) is -0.443. The SMILES string of the molecule is CC(C)NC(=O)CN1C(=O)CS[C@H]1c1ccccc1F. The van der Waals surface area contributed by atoms with Gasteiger partial charge >= 0.3 is 0 Å². The van der Waals surface area contributed by atoms with Gasteiger partial charge < -0.3 is 10.2 Å². The average molecular weight is 296 g/mol. The zero-order valence-corrected chi connectivity index (χ0v) is 12.2. The van der Waals surface area contributed by atoms with Gasteiger partial charge in [0.2, 0.25) is 11.8 Å². The highest BCUT2D eigenvalue weighted by atomic mass is 32.2. The number of carbonyl (C=O) groups excluding carboxylic acids is 2. The Morgan fingerprint density at radius 3 is 2.85 bits per heavy atom. The van der Waals surface area contributed by atoms with Crippen molar-refractivity contribution in [3.05, 3.63) is 35.6 Å². The summed E-state index contributed by atoms with van der Waals surface area (Å²) >= 11 is 1.34. The molecule has 0 bridgehead atoms. The first-order valence-corrected chi connectivity index (χ1v) is 7.48. The van der Waals surface area contributed by atoms with Crippen LogP contribution in [0, 0.1) is 5.82 Å². The van der Waals surface area contributed by atoms with E-state index < -0.39 is 5.37 Å². The quantitative estimate of drug-likeness (QED) is 0.923. The van der Waals surface area contributed by atoms with Crippen molar-refractivity contribution in [2.24, 2.45) is 0 Å². The standard InChI is InChI=1S/C14H17FN2O2S/c1-9(2)16-12(18)7-17-13(19)8-20-14(17)10-5-3-4-6-11(10)15/h3-6,9,14H,7-8H2,1-2H3,(H,16,18)/t14-/m0/s1. The second-order valence-corrected chi connectivity index (χ2v) is 6.00. The largest absolute Gasteiger partial charge is 0.352 e. The molecule has 1 aliphatic rings. The van der Waals surface area contributed by atoms with Crippen LogP contribution in [0.5, 0.6) is 0 Å². The molecule has 0 saturated carbocycles. The fourth-order valence-electron chi connectivity index (χ4n) is 2.08. The lowest BCUT2D eigenvalue weighted by atomic mass is 10.2. The maximum absolute atomic E-state index is 13.8. The molecule has 0 spiro atoms. The van der Waals surface area contributed by atoms with Crippen LogP contribution < -0.4 is 5.32 Å². The molecular weight excluding hydrogens is 279 g/mol. The molecule has 108 valence electrons. The molecule has 1 fully saturated rings. The molecule has 1 heterocycles. The molecule has 4 nitrogen and oxygen atoms in total. The highest BCUT2D eigenvalue weighted by molar-refractivity contribution is 8.00. The van der Waals surface area contributed by atoms with Crippen LogP contribution in [0.2, 0.25) is 0 Å². The first-order chi connectivity index (χ1) is 9.49. The zero-order valence-electron chi connectivity index (χ0n) is 11.4. The van der Waals surface area contributed by atoms with Crippen LogP contribution in [-0.4, -0.2) is 35.1 Å². The van der Waals surface area contributed by atoms with Gasteiger partial charge in [0, 0.05) is 11.6 Å². The lowest BCUT2D eigenvalue weighted by Gasteiger charge is -2.24. The summed E-state index contributed by atoms with van der Waals surface area (Å²) in [6.07, 6.45) is 0. The van der Waals surface area contributed by atoms with Crippen LogP contribution in [-0.2, 0) is 9.59 Å². The molecule has 1 atom stereocenters. The van der Waals surface area contributed by atoms with Crippen LogP contribution in [0.4, 0.5) is 4.39 Å². The number of hydrogen-bond donors (Lipinski definition) is 1. The Morgan fingerprint density at radius 2 is 2.20 bits per heavy atom. The highest BCUT2D eigenvalue weighted by Gasteiger charge is 2.35. The molecule has 1 aromatic rings. The molecule has 2 rings (SSSR count). The number of halogens is 1. The lowest BCUT2D eigenvalue weighted by molar-refractivity contribution is -0.134. The summed E-state index contributed by atoms with van der Waals surface area (Å²) < 4.78 is 13.8. The van der Waals surface area contributed by atoms with Gasteiger partial charge in [0.25, 0.3) is 0 Å². The van der Waals surface area contributed by atoms with Crippen molar-refractivity contribution < 1.29 is 14.0 Å². The first-order valence-electron chi connectivity index (χ1n) is 6.44. The number of carbonyl (C=O) groups is 2. The van der Waals surface area contributed by atoms with Gasteiger partial charge in [0.15, 0.2) is 0 Å². The van der Waals surface area contributed by atoms with Crippen LogP contribution in [0.3, 0.4) is 0 Å². The average Bonchev–Trinajstić information content (AvgIpc) is 2.71. The van der Waals surface area contributed by atoms with Crippen LogP contribution in [0.15, 0.2) is 24.3 Å². The Kier molecular flexibility index (Phi) is 4.65. The summed E-state index contributed by atoms with van der Waals surface area (Å²) in [5.41, 5.74) is 0.445. The van der Waals surface area contributed by atoms with E-state index in [2.05, 4.69) is 5.32 Å². The predicted octanol–water partition coefficient (Wildman–Crippen LogP) is 1.92. The molecular formula is C14H17FN2O2S. The lowest BCUT2D eigenvalue weighted by Crippen LogP contribution is -2.41. The number of hydrogen-bond acceptors (Lipinski definition) is 3. The molecule has 0 aromatic heterocycles. The van der Waals surface area contributed by atoms with Gasteiger partial charge in [-0.1, -0.05) is 18.2 Å². The van der Waals surface area contributed by atoms with E-state index in [0.717, 1.165) is 0 Å². The summed E-state index contributed by atoms with van der Waals surface area (Å²) in [6, 6.07) is 6.37. The fraction of sp³-hybridized carbons (Fsp3) is 0.429. The van der Waals surface area contributed by atoms with E-state index in [1.54, 1.807) is 18.2 Å². The van der Waals surface area contributed by atoms with Crippen molar-refractivity contribution in [3.8, 4) is 0 Å².